The van der Waals surface area contributed by atoms with Gasteiger partial charge in [0, 0.05) is 23.2 Å². The Kier molecular flexibility index (Phi) is 4.54. The van der Waals surface area contributed by atoms with E-state index in [-0.39, 0.29) is 12.2 Å². The summed E-state index contributed by atoms with van der Waals surface area (Å²) in [5.41, 5.74) is -0.601. The average Bonchev–Trinajstić information content (AvgIpc) is 2.77. The van der Waals surface area contributed by atoms with Gasteiger partial charge in [-0.1, -0.05) is 11.6 Å². The molecular weight excluding hydrogens is 342 g/mol. The lowest BCUT2D eigenvalue weighted by Gasteiger charge is -2.21. The summed E-state index contributed by atoms with van der Waals surface area (Å²) in [6, 6.07) is 11.5. The van der Waals surface area contributed by atoms with E-state index in [1.807, 2.05) is 6.92 Å². The maximum absolute atomic E-state index is 12.6. The lowest BCUT2D eigenvalue weighted by molar-refractivity contribution is -0.135. The van der Waals surface area contributed by atoms with Crippen LogP contribution in [0.15, 0.2) is 42.5 Å². The zero-order valence-corrected chi connectivity index (χ0v) is 14.7. The highest BCUT2D eigenvalue weighted by molar-refractivity contribution is 6.31. The first kappa shape index (κ1) is 17.5. The second-order valence-corrected chi connectivity index (χ2v) is 6.38. The van der Waals surface area contributed by atoms with Crippen molar-refractivity contribution in [3.63, 3.8) is 0 Å². The van der Waals surface area contributed by atoms with Gasteiger partial charge in [-0.15, -0.1) is 0 Å². The first-order valence-electron chi connectivity index (χ1n) is 7.93. The summed E-state index contributed by atoms with van der Waals surface area (Å²) >= 11 is 6.01. The van der Waals surface area contributed by atoms with Crippen LogP contribution in [-0.2, 0) is 10.4 Å². The Labute approximate surface area is 150 Å². The number of carbonyl (C=O) groups is 2. The number of carbonyl (C=O) groups excluding carboxylic acids is 2. The number of benzene rings is 2. The van der Waals surface area contributed by atoms with E-state index in [2.05, 4.69) is 0 Å². The van der Waals surface area contributed by atoms with E-state index in [0.29, 0.717) is 34.2 Å². The molecule has 0 radical (unpaired) electrons. The van der Waals surface area contributed by atoms with Gasteiger partial charge in [0.25, 0.3) is 5.91 Å². The molecule has 0 saturated heterocycles. The van der Waals surface area contributed by atoms with E-state index in [0.717, 1.165) is 0 Å². The zero-order valence-electron chi connectivity index (χ0n) is 14.0. The number of nitrogens with zero attached hydrogens (tertiary/aromatic N) is 1. The fraction of sp³-hybridized carbons (Fsp3) is 0.263. The van der Waals surface area contributed by atoms with Gasteiger partial charge in [0.2, 0.25) is 0 Å². The van der Waals surface area contributed by atoms with Crippen molar-refractivity contribution in [3.8, 4) is 5.75 Å². The summed E-state index contributed by atoms with van der Waals surface area (Å²) in [6.07, 6.45) is -0.350. The SMILES string of the molecule is CCOc1ccc(C(=O)CC2(O)C(=O)N(C)c3ccc(Cl)cc32)cc1. The van der Waals surface area contributed by atoms with Gasteiger partial charge in [0.1, 0.15) is 5.75 Å². The molecule has 0 saturated carbocycles. The molecule has 6 heteroatoms. The van der Waals surface area contributed by atoms with Crippen LogP contribution in [0.1, 0.15) is 29.3 Å². The minimum atomic E-state index is -1.91. The number of amides is 1. The maximum atomic E-state index is 12.6. The van der Waals surface area contributed by atoms with Crippen LogP contribution in [0.25, 0.3) is 0 Å². The molecular formula is C19H18ClNO4. The molecule has 0 aromatic heterocycles. The number of fused-ring (bicyclic) bond motifs is 1. The number of hydrogen-bond donors (Lipinski definition) is 1. The summed E-state index contributed by atoms with van der Waals surface area (Å²) in [5, 5.41) is 11.4. The molecule has 0 fully saturated rings. The molecule has 5 nitrogen and oxygen atoms in total. The van der Waals surface area contributed by atoms with Crippen molar-refractivity contribution < 1.29 is 19.4 Å². The second-order valence-electron chi connectivity index (χ2n) is 5.94. The quantitative estimate of drug-likeness (QED) is 0.833. The Balaban J connectivity index is 1.90. The Morgan fingerprint density at radius 3 is 2.56 bits per heavy atom. The van der Waals surface area contributed by atoms with Crippen LogP contribution < -0.4 is 9.64 Å². The topological polar surface area (TPSA) is 66.8 Å². The highest BCUT2D eigenvalue weighted by Crippen LogP contribution is 2.43. The molecule has 2 aromatic rings. The highest BCUT2D eigenvalue weighted by Gasteiger charge is 2.49. The number of halogens is 1. The van der Waals surface area contributed by atoms with Crippen LogP contribution >= 0.6 is 11.6 Å². The number of Topliss-reactive ketones (excluding diaryl/α,β-unsaturated/α-hetero) is 1. The van der Waals surface area contributed by atoms with Gasteiger partial charge in [0.05, 0.1) is 18.7 Å². The highest BCUT2D eigenvalue weighted by atomic mass is 35.5. The van der Waals surface area contributed by atoms with Crippen LogP contribution in [0.2, 0.25) is 5.02 Å². The van der Waals surface area contributed by atoms with Gasteiger partial charge >= 0.3 is 0 Å². The van der Waals surface area contributed by atoms with E-state index in [4.69, 9.17) is 16.3 Å². The molecule has 1 heterocycles. The van der Waals surface area contributed by atoms with E-state index >= 15 is 0 Å². The van der Waals surface area contributed by atoms with Gasteiger partial charge in [-0.05, 0) is 49.4 Å². The number of ketones is 1. The summed E-state index contributed by atoms with van der Waals surface area (Å²) in [4.78, 5) is 26.5. The molecule has 1 unspecified atom stereocenters. The minimum Gasteiger partial charge on any atom is -0.494 e. The third-order valence-corrected chi connectivity index (χ3v) is 4.56. The first-order valence-corrected chi connectivity index (χ1v) is 8.31. The summed E-state index contributed by atoms with van der Waals surface area (Å²) < 4.78 is 5.35. The molecule has 1 aliphatic rings. The van der Waals surface area contributed by atoms with Gasteiger partial charge in [-0.25, -0.2) is 0 Å². The van der Waals surface area contributed by atoms with Crippen molar-refractivity contribution in [1.82, 2.24) is 0 Å². The normalized spacial score (nSPS) is 19.0. The molecule has 25 heavy (non-hydrogen) atoms. The largest absolute Gasteiger partial charge is 0.494 e. The Hall–Kier alpha value is -2.37. The Morgan fingerprint density at radius 1 is 1.24 bits per heavy atom. The molecule has 0 aliphatic carbocycles. The van der Waals surface area contributed by atoms with Crippen LogP contribution in [-0.4, -0.2) is 30.5 Å². The fourth-order valence-corrected chi connectivity index (χ4v) is 3.22. The zero-order chi connectivity index (χ0) is 18.2. The Morgan fingerprint density at radius 2 is 1.92 bits per heavy atom. The van der Waals surface area contributed by atoms with E-state index in [9.17, 15) is 14.7 Å². The van der Waals surface area contributed by atoms with Gasteiger partial charge in [-0.2, -0.15) is 0 Å². The minimum absolute atomic E-state index is 0.333. The Bertz CT molecular complexity index is 834. The van der Waals surface area contributed by atoms with Crippen LogP contribution in [0, 0.1) is 0 Å². The fourth-order valence-electron chi connectivity index (χ4n) is 3.04. The second kappa shape index (κ2) is 6.50. The van der Waals surface area contributed by atoms with Crippen LogP contribution in [0.3, 0.4) is 0 Å². The third kappa shape index (κ3) is 3.01. The van der Waals surface area contributed by atoms with Crippen molar-refractivity contribution in [2.24, 2.45) is 0 Å². The number of anilines is 1. The van der Waals surface area contributed by atoms with Crippen molar-refractivity contribution in [2.45, 2.75) is 18.9 Å². The molecule has 130 valence electrons. The molecule has 1 amide bonds. The third-order valence-electron chi connectivity index (χ3n) is 4.33. The van der Waals surface area contributed by atoms with E-state index < -0.39 is 11.5 Å². The molecule has 0 spiro atoms. The number of aliphatic hydroxyl groups is 1. The molecule has 1 atom stereocenters. The molecule has 1 N–H and O–H groups in total. The number of hydrogen-bond acceptors (Lipinski definition) is 4. The molecule has 2 aromatic carbocycles. The maximum Gasteiger partial charge on any atom is 0.263 e. The van der Waals surface area contributed by atoms with Gasteiger partial charge < -0.3 is 14.7 Å². The lowest BCUT2D eigenvalue weighted by Crippen LogP contribution is -2.40. The van der Waals surface area contributed by atoms with E-state index in [1.54, 1.807) is 43.4 Å². The van der Waals surface area contributed by atoms with E-state index in [1.165, 1.54) is 11.0 Å². The number of rotatable bonds is 5. The smallest absolute Gasteiger partial charge is 0.263 e. The standard InChI is InChI=1S/C19H18ClNO4/c1-3-25-14-7-4-12(5-8-14)17(22)11-19(24)15-10-13(20)6-9-16(15)21(2)18(19)23/h4-10,24H,3,11H2,1-2H3. The molecule has 1 aliphatic heterocycles. The summed E-state index contributed by atoms with van der Waals surface area (Å²) in [5.74, 6) is -0.212. The average molecular weight is 360 g/mol. The first-order chi connectivity index (χ1) is 11.9. The van der Waals surface area contributed by atoms with Crippen molar-refractivity contribution in [1.29, 1.82) is 0 Å². The lowest BCUT2D eigenvalue weighted by atomic mass is 9.88. The van der Waals surface area contributed by atoms with Gasteiger partial charge in [-0.3, -0.25) is 9.59 Å². The monoisotopic (exact) mass is 359 g/mol. The molecule has 3 rings (SSSR count). The van der Waals surface area contributed by atoms with Crippen molar-refractivity contribution in [2.75, 3.05) is 18.6 Å². The van der Waals surface area contributed by atoms with Crippen LogP contribution in [0.5, 0.6) is 5.75 Å². The molecule has 0 bridgehead atoms. The van der Waals surface area contributed by atoms with Gasteiger partial charge in [0.15, 0.2) is 11.4 Å². The summed E-state index contributed by atoms with van der Waals surface area (Å²) in [6.45, 7) is 2.41. The number of likely N-dealkylation sites (N-methyl/N-ethyl adjacent to an activating group) is 1. The van der Waals surface area contributed by atoms with Crippen molar-refractivity contribution in [3.05, 3.63) is 58.6 Å². The predicted octanol–water partition coefficient (Wildman–Crippen LogP) is 3.18. The predicted molar refractivity (Wildman–Crippen MR) is 95.3 cm³/mol. The van der Waals surface area contributed by atoms with Crippen LogP contribution in [0.4, 0.5) is 5.69 Å². The van der Waals surface area contributed by atoms with Crippen molar-refractivity contribution >= 4 is 29.0 Å². The number of ether oxygens (including phenoxy) is 1. The summed E-state index contributed by atoms with van der Waals surface area (Å²) in [7, 11) is 1.56.